The van der Waals surface area contributed by atoms with E-state index in [2.05, 4.69) is 79.4 Å². The summed E-state index contributed by atoms with van der Waals surface area (Å²) in [6.07, 6.45) is 1.63. The highest BCUT2D eigenvalue weighted by Crippen LogP contribution is 2.26. The van der Waals surface area contributed by atoms with Crippen LogP contribution in [-0.2, 0) is 11.3 Å². The van der Waals surface area contributed by atoms with Gasteiger partial charge in [0, 0.05) is 77.1 Å². The first-order valence-corrected chi connectivity index (χ1v) is 14.1. The number of hydrogen-bond donors (Lipinski definition) is 1. The highest BCUT2D eigenvalue weighted by Gasteiger charge is 2.26. The van der Waals surface area contributed by atoms with Gasteiger partial charge >= 0.3 is 0 Å². The number of aryl methyl sites for hydroxylation is 2. The lowest BCUT2D eigenvalue weighted by atomic mass is 9.84. The molecule has 2 aromatic rings. The molecule has 1 aromatic carbocycles. The van der Waals surface area contributed by atoms with E-state index in [-0.39, 0.29) is 16.9 Å². The molecule has 1 amide bonds. The number of nitrogens with one attached hydrogen (secondary N) is 1. The van der Waals surface area contributed by atoms with Crippen molar-refractivity contribution in [3.05, 3.63) is 51.4 Å². The molecule has 1 aromatic heterocycles. The second-order valence-electron chi connectivity index (χ2n) is 12.5. The van der Waals surface area contributed by atoms with E-state index in [4.69, 9.17) is 4.98 Å². The first kappa shape index (κ1) is 28.1. The summed E-state index contributed by atoms with van der Waals surface area (Å²) in [6.45, 7) is 20.3. The molecule has 2 saturated heterocycles. The van der Waals surface area contributed by atoms with Crippen LogP contribution in [0.2, 0.25) is 0 Å². The third kappa shape index (κ3) is 7.59. The van der Waals surface area contributed by atoms with Crippen LogP contribution in [0.1, 0.15) is 57.4 Å². The number of anilines is 2. The maximum atomic E-state index is 12.8. The highest BCUT2D eigenvalue weighted by molar-refractivity contribution is 5.76. The van der Waals surface area contributed by atoms with Crippen molar-refractivity contribution in [3.63, 3.8) is 0 Å². The van der Waals surface area contributed by atoms with Crippen molar-refractivity contribution >= 4 is 17.5 Å². The minimum absolute atomic E-state index is 0.117. The molecular weight excluding hydrogens is 476 g/mol. The summed E-state index contributed by atoms with van der Waals surface area (Å²) in [5.41, 5.74) is 4.85. The second-order valence-corrected chi connectivity index (χ2v) is 12.5. The van der Waals surface area contributed by atoms with Crippen LogP contribution in [0.25, 0.3) is 0 Å². The Labute approximate surface area is 228 Å². The van der Waals surface area contributed by atoms with Crippen LogP contribution in [0, 0.1) is 25.2 Å². The summed E-state index contributed by atoms with van der Waals surface area (Å²) in [7, 11) is 0. The minimum Gasteiger partial charge on any atom is -0.369 e. The van der Waals surface area contributed by atoms with Crippen molar-refractivity contribution in [1.29, 1.82) is 0 Å². The van der Waals surface area contributed by atoms with Crippen molar-refractivity contribution < 1.29 is 4.79 Å². The molecule has 2 fully saturated rings. The molecule has 0 bridgehead atoms. The molecule has 8 heteroatoms. The molecule has 1 atom stereocenters. The molecular formula is C30H46N6O2. The highest BCUT2D eigenvalue weighted by atomic mass is 16.2. The molecule has 0 aliphatic carbocycles. The quantitative estimate of drug-likeness (QED) is 0.596. The van der Waals surface area contributed by atoms with Crippen LogP contribution in [0.4, 0.5) is 11.6 Å². The molecule has 2 aliphatic rings. The van der Waals surface area contributed by atoms with Gasteiger partial charge in [-0.15, -0.1) is 0 Å². The van der Waals surface area contributed by atoms with E-state index >= 15 is 0 Å². The number of aromatic nitrogens is 2. The summed E-state index contributed by atoms with van der Waals surface area (Å²) in [6, 6.07) is 8.30. The Balaban J connectivity index is 1.29. The molecule has 0 saturated carbocycles. The molecule has 3 heterocycles. The van der Waals surface area contributed by atoms with E-state index in [0.29, 0.717) is 51.0 Å². The molecule has 2 aliphatic heterocycles. The summed E-state index contributed by atoms with van der Waals surface area (Å²) in [4.78, 5) is 41.9. The zero-order valence-electron chi connectivity index (χ0n) is 24.2. The maximum absolute atomic E-state index is 12.8. The lowest BCUT2D eigenvalue weighted by molar-refractivity contribution is -0.132. The normalized spacial score (nSPS) is 18.1. The number of nitrogens with zero attached hydrogens (tertiary/aromatic N) is 5. The van der Waals surface area contributed by atoms with E-state index < -0.39 is 0 Å². The van der Waals surface area contributed by atoms with E-state index in [1.54, 1.807) is 6.07 Å². The van der Waals surface area contributed by atoms with Gasteiger partial charge in [-0.3, -0.25) is 19.5 Å². The first-order chi connectivity index (χ1) is 18.0. The lowest BCUT2D eigenvalue weighted by Crippen LogP contribution is -2.50. The van der Waals surface area contributed by atoms with Gasteiger partial charge in [-0.1, -0.05) is 33.8 Å². The van der Waals surface area contributed by atoms with Gasteiger partial charge in [-0.2, -0.15) is 0 Å². The first-order valence-electron chi connectivity index (χ1n) is 14.1. The third-order valence-corrected chi connectivity index (χ3v) is 7.81. The van der Waals surface area contributed by atoms with E-state index in [0.717, 1.165) is 38.3 Å². The number of carbonyl (C=O) groups is 1. The van der Waals surface area contributed by atoms with Gasteiger partial charge in [0.25, 0.3) is 5.56 Å². The summed E-state index contributed by atoms with van der Waals surface area (Å²) in [5, 5.41) is 0. The predicted octanol–water partition coefficient (Wildman–Crippen LogP) is 3.82. The molecule has 0 radical (unpaired) electrons. The standard InChI is InChI=1S/C30H46N6O2/c1-22(20-30(4,5)6)17-28(38)35-13-15-36(16-14-35)29-31-25(19-27(37)32-29)21-33-9-11-34(12-10-33)26-8-7-23(2)24(3)18-26/h7-8,18-19,22H,9-17,20-21H2,1-6H3,(H,31,32,37)/t22-/m0/s1. The smallest absolute Gasteiger partial charge is 0.252 e. The van der Waals surface area contributed by atoms with Gasteiger partial charge < -0.3 is 14.7 Å². The Hall–Kier alpha value is -2.87. The van der Waals surface area contributed by atoms with Gasteiger partial charge in [-0.05, 0) is 54.9 Å². The Morgan fingerprint density at radius 3 is 2.24 bits per heavy atom. The zero-order valence-corrected chi connectivity index (χ0v) is 24.2. The second kappa shape index (κ2) is 11.9. The van der Waals surface area contributed by atoms with Crippen molar-refractivity contribution in [2.75, 3.05) is 62.2 Å². The van der Waals surface area contributed by atoms with E-state index in [1.165, 1.54) is 16.8 Å². The summed E-state index contributed by atoms with van der Waals surface area (Å²) in [5.74, 6) is 1.23. The Morgan fingerprint density at radius 2 is 1.61 bits per heavy atom. The van der Waals surface area contributed by atoms with Crippen molar-refractivity contribution in [2.24, 2.45) is 11.3 Å². The minimum atomic E-state index is -0.117. The largest absolute Gasteiger partial charge is 0.369 e. The van der Waals surface area contributed by atoms with Crippen molar-refractivity contribution in [2.45, 2.75) is 60.9 Å². The average Bonchev–Trinajstić information content (AvgIpc) is 2.85. The van der Waals surface area contributed by atoms with Crippen LogP contribution >= 0.6 is 0 Å². The van der Waals surface area contributed by atoms with E-state index in [9.17, 15) is 9.59 Å². The zero-order chi connectivity index (χ0) is 27.4. The Bertz CT molecular complexity index is 1150. The maximum Gasteiger partial charge on any atom is 0.252 e. The molecule has 1 N–H and O–H groups in total. The van der Waals surface area contributed by atoms with Crippen LogP contribution in [0.3, 0.4) is 0 Å². The predicted molar refractivity (Wildman–Crippen MR) is 155 cm³/mol. The fraction of sp³-hybridized carbons (Fsp3) is 0.633. The van der Waals surface area contributed by atoms with E-state index in [1.807, 2.05) is 4.90 Å². The van der Waals surface area contributed by atoms with Crippen LogP contribution < -0.4 is 15.4 Å². The monoisotopic (exact) mass is 522 g/mol. The molecule has 0 spiro atoms. The number of benzene rings is 1. The Morgan fingerprint density at radius 1 is 0.947 bits per heavy atom. The number of aromatic amines is 1. The molecule has 8 nitrogen and oxygen atoms in total. The number of hydrogen-bond acceptors (Lipinski definition) is 6. The van der Waals surface area contributed by atoms with Crippen LogP contribution in [0.5, 0.6) is 0 Å². The number of carbonyl (C=O) groups excluding carboxylic acids is 1. The average molecular weight is 523 g/mol. The summed E-state index contributed by atoms with van der Waals surface area (Å²) >= 11 is 0. The van der Waals surface area contributed by atoms with Gasteiger partial charge in [0.2, 0.25) is 11.9 Å². The van der Waals surface area contributed by atoms with Gasteiger partial charge in [0.1, 0.15) is 0 Å². The fourth-order valence-electron chi connectivity index (χ4n) is 5.75. The molecule has 38 heavy (non-hydrogen) atoms. The lowest BCUT2D eigenvalue weighted by Gasteiger charge is -2.37. The number of amides is 1. The van der Waals surface area contributed by atoms with Gasteiger partial charge in [-0.25, -0.2) is 4.98 Å². The summed E-state index contributed by atoms with van der Waals surface area (Å²) < 4.78 is 0. The number of H-pyrrole nitrogens is 1. The number of rotatable bonds is 7. The Kier molecular flexibility index (Phi) is 8.81. The van der Waals surface area contributed by atoms with Crippen molar-refractivity contribution in [1.82, 2.24) is 19.8 Å². The van der Waals surface area contributed by atoms with Gasteiger partial charge in [0.15, 0.2) is 0 Å². The number of piperazine rings is 2. The van der Waals surface area contributed by atoms with Crippen LogP contribution in [-0.4, -0.2) is 78.0 Å². The topological polar surface area (TPSA) is 75.8 Å². The van der Waals surface area contributed by atoms with Crippen LogP contribution in [0.15, 0.2) is 29.1 Å². The molecule has 4 rings (SSSR count). The van der Waals surface area contributed by atoms with Gasteiger partial charge in [0.05, 0.1) is 5.69 Å². The fourth-order valence-corrected chi connectivity index (χ4v) is 5.75. The van der Waals surface area contributed by atoms with Crippen molar-refractivity contribution in [3.8, 4) is 0 Å². The molecule has 208 valence electrons. The third-order valence-electron chi connectivity index (χ3n) is 7.81. The molecule has 0 unspecified atom stereocenters. The SMILES string of the molecule is Cc1ccc(N2CCN(Cc3cc(=O)[nH]c(N4CCN(C(=O)C[C@H](C)CC(C)(C)C)CC4)n3)CC2)cc1C.